The van der Waals surface area contributed by atoms with Crippen molar-refractivity contribution in [2.45, 2.75) is 11.4 Å². The number of hydrogen-bond acceptors (Lipinski definition) is 6. The lowest BCUT2D eigenvalue weighted by molar-refractivity contribution is -0.157. The highest BCUT2D eigenvalue weighted by atomic mass is 127. The molecule has 180 valence electrons. The van der Waals surface area contributed by atoms with Gasteiger partial charge in [0.15, 0.2) is 17.3 Å². The van der Waals surface area contributed by atoms with Gasteiger partial charge in [-0.1, -0.05) is 3.89 Å². The molecule has 0 amide bonds. The molecule has 0 fully saturated rings. The molecule has 2 aromatic rings. The standard InChI is InChI=1S/C6H2BrF4N.C5H2BrFIN.C3H3F3O4S/c7-3-1-4(8)5(12-2-3)6(9,10)11;6-3-1-4(7)5(8)9-2-3;1-10-2(7)3(4,5)11(6,8)9/h1-2H;1-2H;1H3. The van der Waals surface area contributed by atoms with E-state index in [4.69, 9.17) is 0 Å². The highest BCUT2D eigenvalue weighted by Gasteiger charge is 2.55. The Balaban J connectivity index is 0.000000455. The molecule has 0 saturated carbocycles. The van der Waals surface area contributed by atoms with E-state index in [0.717, 1.165) is 12.3 Å². The van der Waals surface area contributed by atoms with Gasteiger partial charge in [0.25, 0.3) is 0 Å². The normalized spacial score (nSPS) is 11.5. The van der Waals surface area contributed by atoms with E-state index < -0.39 is 39.1 Å². The van der Waals surface area contributed by atoms with Gasteiger partial charge >= 0.3 is 27.6 Å². The molecule has 0 aliphatic rings. The van der Waals surface area contributed by atoms with Crippen LogP contribution in [0.4, 0.5) is 34.6 Å². The molecule has 0 bridgehead atoms. The van der Waals surface area contributed by atoms with Gasteiger partial charge in [-0.15, -0.1) is 0 Å². The first kappa shape index (κ1) is 30.9. The van der Waals surface area contributed by atoms with Crippen LogP contribution in [0, 0.1) is 15.3 Å². The second kappa shape index (κ2) is 12.4. The Morgan fingerprint density at radius 1 is 1.00 bits per heavy atom. The summed E-state index contributed by atoms with van der Waals surface area (Å²) in [6.07, 6.45) is -2.28. The Kier molecular flexibility index (Phi) is 11.9. The Bertz CT molecular complexity index is 1060. The van der Waals surface area contributed by atoms with Crippen molar-refractivity contribution in [3.8, 4) is 0 Å². The molecule has 2 heterocycles. The van der Waals surface area contributed by atoms with Gasteiger partial charge in [0.1, 0.15) is 3.70 Å². The first-order chi connectivity index (χ1) is 14.3. The second-order valence-electron chi connectivity index (χ2n) is 4.85. The molecule has 0 saturated heterocycles. The van der Waals surface area contributed by atoms with Crippen molar-refractivity contribution in [2.75, 3.05) is 7.11 Å². The molecule has 6 nitrogen and oxygen atoms in total. The van der Waals surface area contributed by atoms with E-state index in [1.807, 2.05) is 22.6 Å². The predicted molar refractivity (Wildman–Crippen MR) is 108 cm³/mol. The van der Waals surface area contributed by atoms with Crippen LogP contribution in [-0.4, -0.2) is 36.7 Å². The third-order valence-electron chi connectivity index (χ3n) is 2.57. The zero-order chi connectivity index (χ0) is 25.5. The molecule has 0 radical (unpaired) electrons. The van der Waals surface area contributed by atoms with Gasteiger partial charge in [0.05, 0.1) is 7.11 Å². The monoisotopic (exact) mass is 736 g/mol. The summed E-state index contributed by atoms with van der Waals surface area (Å²) in [6.45, 7) is 0. The van der Waals surface area contributed by atoms with E-state index in [1.165, 1.54) is 6.07 Å². The molecule has 0 spiro atoms. The fourth-order valence-corrected chi connectivity index (χ4v) is 2.42. The predicted octanol–water partition coefficient (Wildman–Crippen LogP) is 5.64. The third kappa shape index (κ3) is 9.77. The number of nitrogens with zero attached hydrogens (tertiary/aromatic N) is 2. The number of aromatic nitrogens is 2. The number of hydrogen-bond donors (Lipinski definition) is 0. The lowest BCUT2D eigenvalue weighted by Crippen LogP contribution is -2.36. The van der Waals surface area contributed by atoms with Crippen LogP contribution in [0.5, 0.6) is 0 Å². The Labute approximate surface area is 205 Å². The minimum absolute atomic E-state index is 0.174. The Morgan fingerprint density at radius 3 is 1.72 bits per heavy atom. The van der Waals surface area contributed by atoms with Gasteiger partial charge in [-0.2, -0.15) is 30.4 Å². The molecule has 32 heavy (non-hydrogen) atoms. The number of ether oxygens (including phenoxy) is 1. The zero-order valence-electron chi connectivity index (χ0n) is 14.9. The van der Waals surface area contributed by atoms with Crippen molar-refractivity contribution in [2.24, 2.45) is 0 Å². The SMILES string of the molecule is COC(=O)C(F)(F)S(=O)(=O)F.Fc1cc(Br)cnc1C(F)(F)F.Fc1cc(Br)cnc1I. The molecule has 0 N–H and O–H groups in total. The maximum absolute atomic E-state index is 12.5. The molecule has 0 atom stereocenters. The number of carbonyl (C=O) groups is 1. The number of halogens is 11. The summed E-state index contributed by atoms with van der Waals surface area (Å²) in [6, 6.07) is 2.10. The number of carbonyl (C=O) groups excluding carboxylic acids is 1. The van der Waals surface area contributed by atoms with Crippen LogP contribution in [0.15, 0.2) is 33.5 Å². The van der Waals surface area contributed by atoms with Gasteiger partial charge in [0, 0.05) is 21.3 Å². The minimum atomic E-state index is -6.22. The van der Waals surface area contributed by atoms with Crippen molar-refractivity contribution >= 4 is 70.6 Å². The molecule has 0 aromatic carbocycles. The van der Waals surface area contributed by atoms with E-state index >= 15 is 0 Å². The van der Waals surface area contributed by atoms with Gasteiger partial charge in [-0.3, -0.25) is 0 Å². The van der Waals surface area contributed by atoms with Crippen LogP contribution in [0.25, 0.3) is 0 Å². The van der Waals surface area contributed by atoms with Gasteiger partial charge in [0.2, 0.25) is 0 Å². The van der Waals surface area contributed by atoms with E-state index in [-0.39, 0.29) is 10.3 Å². The average Bonchev–Trinajstić information content (AvgIpc) is 2.63. The quantitative estimate of drug-likeness (QED) is 0.131. The molecular weight excluding hydrogens is 731 g/mol. The summed E-state index contributed by atoms with van der Waals surface area (Å²) in [5, 5.41) is -5.11. The van der Waals surface area contributed by atoms with Crippen LogP contribution in [0.3, 0.4) is 0 Å². The number of methoxy groups -OCH3 is 1. The summed E-state index contributed by atoms with van der Waals surface area (Å²) < 4.78 is 120. The van der Waals surface area contributed by atoms with Crippen LogP contribution < -0.4 is 0 Å². The highest BCUT2D eigenvalue weighted by Crippen LogP contribution is 2.30. The molecule has 18 heteroatoms. The van der Waals surface area contributed by atoms with E-state index in [1.54, 1.807) is 6.20 Å². The summed E-state index contributed by atoms with van der Waals surface area (Å²) in [7, 11) is -5.71. The molecule has 0 aliphatic heterocycles. The second-order valence-corrected chi connectivity index (χ2v) is 9.10. The van der Waals surface area contributed by atoms with Crippen molar-refractivity contribution in [1.82, 2.24) is 9.97 Å². The van der Waals surface area contributed by atoms with Gasteiger partial charge in [-0.05, 0) is 66.6 Å². The third-order valence-corrected chi connectivity index (χ3v) is 5.01. The highest BCUT2D eigenvalue weighted by molar-refractivity contribution is 14.1. The van der Waals surface area contributed by atoms with E-state index in [9.17, 15) is 47.8 Å². The van der Waals surface area contributed by atoms with Crippen molar-refractivity contribution in [3.63, 3.8) is 0 Å². The van der Waals surface area contributed by atoms with Crippen molar-refractivity contribution < 1.29 is 52.6 Å². The number of esters is 1. The Hall–Kier alpha value is -1.15. The van der Waals surface area contributed by atoms with Crippen LogP contribution in [-0.2, 0) is 25.9 Å². The smallest absolute Gasteiger partial charge is 0.464 e. The van der Waals surface area contributed by atoms with Gasteiger partial charge in [-0.25, -0.2) is 23.5 Å². The zero-order valence-corrected chi connectivity index (χ0v) is 21.0. The molecule has 0 unspecified atom stereocenters. The summed E-state index contributed by atoms with van der Waals surface area (Å²) in [5.74, 6) is -4.11. The number of pyridine rings is 2. The molecular formula is C14H7Br2F8IN2O4S. The lowest BCUT2D eigenvalue weighted by atomic mass is 10.3. The summed E-state index contributed by atoms with van der Waals surface area (Å²) in [5.41, 5.74) is -1.49. The fourth-order valence-electron chi connectivity index (χ4n) is 1.24. The molecule has 2 aromatic heterocycles. The maximum Gasteiger partial charge on any atom is 0.470 e. The van der Waals surface area contributed by atoms with Crippen LogP contribution >= 0.6 is 54.5 Å². The summed E-state index contributed by atoms with van der Waals surface area (Å²) >= 11 is 7.72. The van der Waals surface area contributed by atoms with Crippen molar-refractivity contribution in [3.05, 3.63) is 54.5 Å². The average molecular weight is 738 g/mol. The maximum atomic E-state index is 12.5. The fraction of sp³-hybridized carbons (Fsp3) is 0.214. The van der Waals surface area contributed by atoms with Gasteiger partial charge < -0.3 is 4.74 Å². The largest absolute Gasteiger partial charge is 0.470 e. The number of rotatable bonds is 2. The van der Waals surface area contributed by atoms with E-state index in [0.29, 0.717) is 15.3 Å². The molecule has 2 rings (SSSR count). The molecule has 0 aliphatic carbocycles. The van der Waals surface area contributed by atoms with Crippen LogP contribution in [0.2, 0.25) is 0 Å². The first-order valence-electron chi connectivity index (χ1n) is 7.09. The Morgan fingerprint density at radius 2 is 1.44 bits per heavy atom. The van der Waals surface area contributed by atoms with Crippen LogP contribution in [0.1, 0.15) is 5.69 Å². The minimum Gasteiger partial charge on any atom is -0.464 e. The first-order valence-corrected chi connectivity index (χ1v) is 11.1. The summed E-state index contributed by atoms with van der Waals surface area (Å²) in [4.78, 5) is 16.5. The van der Waals surface area contributed by atoms with E-state index in [2.05, 4.69) is 46.6 Å². The number of alkyl halides is 5. The lowest BCUT2D eigenvalue weighted by Gasteiger charge is -2.06. The van der Waals surface area contributed by atoms with Crippen molar-refractivity contribution in [1.29, 1.82) is 0 Å². The topological polar surface area (TPSA) is 86.2 Å².